The average molecular weight is 356 g/mol. The zero-order valence-corrected chi connectivity index (χ0v) is 15.0. The number of rotatable bonds is 4. The number of nitrogens with one attached hydrogen (secondary N) is 1. The van der Waals surface area contributed by atoms with Crippen molar-refractivity contribution in [3.63, 3.8) is 0 Å². The summed E-state index contributed by atoms with van der Waals surface area (Å²) in [5, 5.41) is 3.69. The summed E-state index contributed by atoms with van der Waals surface area (Å²) >= 11 is 3.31. The van der Waals surface area contributed by atoms with E-state index in [9.17, 15) is 4.39 Å². The fourth-order valence-corrected chi connectivity index (χ4v) is 3.68. The molecule has 1 fully saturated rings. The van der Waals surface area contributed by atoms with Crippen molar-refractivity contribution in [1.29, 1.82) is 0 Å². The minimum absolute atomic E-state index is 0.147. The van der Waals surface area contributed by atoms with Crippen LogP contribution in [0.1, 0.15) is 58.4 Å². The lowest BCUT2D eigenvalue weighted by Crippen LogP contribution is -2.45. The van der Waals surface area contributed by atoms with Crippen LogP contribution in [-0.4, -0.2) is 12.1 Å². The first-order valence-corrected chi connectivity index (χ1v) is 8.78. The lowest BCUT2D eigenvalue weighted by molar-refractivity contribution is 0.165. The van der Waals surface area contributed by atoms with E-state index in [2.05, 4.69) is 42.0 Å². The van der Waals surface area contributed by atoms with E-state index in [0.29, 0.717) is 9.89 Å². The smallest absolute Gasteiger partial charge is 0.137 e. The monoisotopic (exact) mass is 355 g/mol. The Morgan fingerprint density at radius 3 is 2.43 bits per heavy atom. The molecule has 1 N–H and O–H groups in total. The molecule has 1 aliphatic rings. The van der Waals surface area contributed by atoms with Gasteiger partial charge in [0.1, 0.15) is 5.82 Å². The van der Waals surface area contributed by atoms with Gasteiger partial charge in [0, 0.05) is 12.1 Å². The summed E-state index contributed by atoms with van der Waals surface area (Å²) in [6.45, 7) is 7.71. The second-order valence-corrected chi connectivity index (χ2v) is 8.44. The number of halogens is 2. The van der Waals surface area contributed by atoms with Gasteiger partial charge in [-0.25, -0.2) is 4.39 Å². The van der Waals surface area contributed by atoms with E-state index in [1.807, 2.05) is 12.1 Å². The highest BCUT2D eigenvalue weighted by Crippen LogP contribution is 2.39. The molecule has 0 aromatic heterocycles. The van der Waals surface area contributed by atoms with Gasteiger partial charge < -0.3 is 5.32 Å². The van der Waals surface area contributed by atoms with Crippen molar-refractivity contribution >= 4 is 15.9 Å². The summed E-state index contributed by atoms with van der Waals surface area (Å²) in [5.41, 5.74) is 1.71. The Balaban J connectivity index is 2.13. The Labute approximate surface area is 136 Å². The Hall–Kier alpha value is -0.410. The zero-order chi connectivity index (χ0) is 15.5. The lowest BCUT2D eigenvalue weighted by atomic mass is 9.70. The van der Waals surface area contributed by atoms with E-state index in [-0.39, 0.29) is 11.4 Å². The summed E-state index contributed by atoms with van der Waals surface area (Å²) < 4.78 is 14.0. The molecule has 0 bridgehead atoms. The van der Waals surface area contributed by atoms with Gasteiger partial charge in [0.05, 0.1) is 4.47 Å². The van der Waals surface area contributed by atoms with Crippen LogP contribution in [-0.2, 0) is 6.42 Å². The normalized spacial score (nSPS) is 18.7. The maximum Gasteiger partial charge on any atom is 0.137 e. The maximum absolute atomic E-state index is 13.4. The van der Waals surface area contributed by atoms with Crippen LogP contribution in [0, 0.1) is 11.2 Å². The van der Waals surface area contributed by atoms with Gasteiger partial charge >= 0.3 is 0 Å². The molecule has 1 nitrogen and oxygen atoms in total. The Morgan fingerprint density at radius 2 is 1.86 bits per heavy atom. The minimum Gasteiger partial charge on any atom is -0.312 e. The second-order valence-electron chi connectivity index (χ2n) is 7.59. The van der Waals surface area contributed by atoms with E-state index in [4.69, 9.17) is 0 Å². The number of benzene rings is 1. The fraction of sp³-hybridized carbons (Fsp3) is 0.667. The van der Waals surface area contributed by atoms with Gasteiger partial charge in [0.2, 0.25) is 0 Å². The van der Waals surface area contributed by atoms with Gasteiger partial charge in [-0.05, 0) is 79.1 Å². The Morgan fingerprint density at radius 1 is 1.19 bits per heavy atom. The van der Waals surface area contributed by atoms with E-state index in [1.54, 1.807) is 6.07 Å². The molecule has 3 heteroatoms. The molecule has 0 aliphatic heterocycles. The number of hydrogen-bond donors (Lipinski definition) is 1. The first-order valence-electron chi connectivity index (χ1n) is 7.99. The van der Waals surface area contributed by atoms with E-state index in [1.165, 1.54) is 37.7 Å². The molecule has 0 unspecified atom stereocenters. The van der Waals surface area contributed by atoms with Crippen LogP contribution in [0.25, 0.3) is 0 Å². The molecule has 0 atom stereocenters. The molecule has 1 aliphatic carbocycles. The van der Waals surface area contributed by atoms with Crippen molar-refractivity contribution in [2.75, 3.05) is 6.54 Å². The molecule has 0 saturated heterocycles. The second kappa shape index (κ2) is 6.78. The summed E-state index contributed by atoms with van der Waals surface area (Å²) in [5.74, 6) is -0.177. The van der Waals surface area contributed by atoms with Gasteiger partial charge in [-0.1, -0.05) is 25.3 Å². The topological polar surface area (TPSA) is 12.0 Å². The van der Waals surface area contributed by atoms with E-state index < -0.39 is 0 Å². The molecular weight excluding hydrogens is 329 g/mol. The van der Waals surface area contributed by atoms with Crippen molar-refractivity contribution in [1.82, 2.24) is 5.32 Å². The molecule has 1 aromatic carbocycles. The van der Waals surface area contributed by atoms with Crippen molar-refractivity contribution in [2.45, 2.75) is 64.8 Å². The molecule has 0 amide bonds. The van der Waals surface area contributed by atoms with Crippen molar-refractivity contribution < 1.29 is 4.39 Å². The first kappa shape index (κ1) is 17.0. The molecule has 0 radical (unpaired) electrons. The van der Waals surface area contributed by atoms with E-state index >= 15 is 0 Å². The van der Waals surface area contributed by atoms with E-state index in [0.717, 1.165) is 13.0 Å². The van der Waals surface area contributed by atoms with Gasteiger partial charge in [0.15, 0.2) is 0 Å². The molecule has 21 heavy (non-hydrogen) atoms. The van der Waals surface area contributed by atoms with Crippen molar-refractivity contribution in [3.05, 3.63) is 34.1 Å². The highest BCUT2D eigenvalue weighted by molar-refractivity contribution is 9.10. The molecule has 2 rings (SSSR count). The average Bonchev–Trinajstić information content (AvgIpc) is 2.41. The van der Waals surface area contributed by atoms with Crippen molar-refractivity contribution in [2.24, 2.45) is 5.41 Å². The van der Waals surface area contributed by atoms with Crippen LogP contribution in [0.2, 0.25) is 0 Å². The summed E-state index contributed by atoms with van der Waals surface area (Å²) in [6, 6.07) is 5.46. The predicted molar refractivity (Wildman–Crippen MR) is 91.1 cm³/mol. The summed E-state index contributed by atoms with van der Waals surface area (Å²) in [7, 11) is 0. The van der Waals surface area contributed by atoms with Gasteiger partial charge in [-0.3, -0.25) is 0 Å². The van der Waals surface area contributed by atoms with Gasteiger partial charge in [-0.15, -0.1) is 0 Å². The maximum atomic E-state index is 13.4. The van der Waals surface area contributed by atoms with Crippen LogP contribution in [0.5, 0.6) is 0 Å². The molecule has 1 aromatic rings. The van der Waals surface area contributed by atoms with Crippen LogP contribution >= 0.6 is 15.9 Å². The lowest BCUT2D eigenvalue weighted by Gasteiger charge is -2.40. The van der Waals surface area contributed by atoms with Crippen molar-refractivity contribution in [3.8, 4) is 0 Å². The number of hydrogen-bond acceptors (Lipinski definition) is 1. The zero-order valence-electron chi connectivity index (χ0n) is 13.4. The SMILES string of the molecule is CC(C)(C)NCC1(Cc2ccc(F)c(Br)c2)CCCCC1. The quantitative estimate of drug-likeness (QED) is 0.754. The van der Waals surface area contributed by atoms with Gasteiger partial charge in [0.25, 0.3) is 0 Å². The molecule has 0 spiro atoms. The molecule has 1 saturated carbocycles. The summed E-state index contributed by atoms with van der Waals surface area (Å²) in [6.07, 6.45) is 7.55. The summed E-state index contributed by atoms with van der Waals surface area (Å²) in [4.78, 5) is 0. The van der Waals surface area contributed by atoms with Crippen LogP contribution < -0.4 is 5.32 Å². The highest BCUT2D eigenvalue weighted by Gasteiger charge is 2.33. The standard InChI is InChI=1S/C18H27BrFN/c1-17(2,3)21-13-18(9-5-4-6-10-18)12-14-7-8-16(20)15(19)11-14/h7-8,11,21H,4-6,9-10,12-13H2,1-3H3. The van der Waals surface area contributed by atoms with Crippen LogP contribution in [0.15, 0.2) is 22.7 Å². The Bertz CT molecular complexity index is 473. The molecular formula is C18H27BrFN. The fourth-order valence-electron chi connectivity index (χ4n) is 3.25. The molecule has 118 valence electrons. The largest absolute Gasteiger partial charge is 0.312 e. The van der Waals surface area contributed by atoms with Crippen LogP contribution in [0.4, 0.5) is 4.39 Å². The third-order valence-corrected chi connectivity index (χ3v) is 5.08. The third-order valence-electron chi connectivity index (χ3n) is 4.47. The highest BCUT2D eigenvalue weighted by atomic mass is 79.9. The third kappa shape index (κ3) is 5.07. The Kier molecular flexibility index (Phi) is 5.48. The van der Waals surface area contributed by atoms with Gasteiger partial charge in [-0.2, -0.15) is 0 Å². The predicted octanol–water partition coefficient (Wildman–Crippen LogP) is 5.47. The first-order chi connectivity index (χ1) is 9.80. The minimum atomic E-state index is -0.177. The molecule has 0 heterocycles. The van der Waals surface area contributed by atoms with Crippen LogP contribution in [0.3, 0.4) is 0 Å².